The Morgan fingerprint density at radius 2 is 1.97 bits per heavy atom. The van der Waals surface area contributed by atoms with Gasteiger partial charge in [-0.05, 0) is 25.1 Å². The Kier molecular flexibility index (Phi) is 4.11. The van der Waals surface area contributed by atoms with E-state index in [1.54, 1.807) is 17.2 Å². The number of benzene rings is 1. The predicted octanol–water partition coefficient (Wildman–Crippen LogP) is 1.09. The molecule has 5 rings (SSSR count). The van der Waals surface area contributed by atoms with E-state index in [-0.39, 0.29) is 5.91 Å². The number of amides is 1. The second-order valence-corrected chi connectivity index (χ2v) is 7.09. The van der Waals surface area contributed by atoms with E-state index in [2.05, 4.69) is 30.3 Å². The lowest BCUT2D eigenvalue weighted by atomic mass is 10.1. The number of piperazine rings is 1. The number of rotatable bonds is 3. The minimum absolute atomic E-state index is 0.0202. The van der Waals surface area contributed by atoms with Gasteiger partial charge in [0.1, 0.15) is 17.7 Å². The summed E-state index contributed by atoms with van der Waals surface area (Å²) in [5, 5.41) is 13.5. The maximum absolute atomic E-state index is 13.0. The molecule has 3 aromatic heterocycles. The van der Waals surface area contributed by atoms with Gasteiger partial charge in [-0.25, -0.2) is 14.6 Å². The number of hydrogen-bond acceptors (Lipinski definition) is 7. The SMILES string of the molecule is CCn1nnc2cc(C(=O)N3CCN(c4ncnc5c4cnn5C)CC3)ccc21. The number of carbonyl (C=O) groups is 1. The van der Waals surface area contributed by atoms with Crippen LogP contribution in [-0.4, -0.2) is 71.7 Å². The largest absolute Gasteiger partial charge is 0.352 e. The molecule has 0 bridgehead atoms. The molecule has 1 aromatic carbocycles. The molecular formula is C19H21N9O. The molecule has 1 aliphatic heterocycles. The van der Waals surface area contributed by atoms with Gasteiger partial charge in [-0.2, -0.15) is 5.10 Å². The Balaban J connectivity index is 1.33. The van der Waals surface area contributed by atoms with Crippen LogP contribution in [0.15, 0.2) is 30.7 Å². The van der Waals surface area contributed by atoms with E-state index in [4.69, 9.17) is 0 Å². The van der Waals surface area contributed by atoms with Gasteiger partial charge >= 0.3 is 0 Å². The Morgan fingerprint density at radius 1 is 1.14 bits per heavy atom. The molecule has 1 amide bonds. The fourth-order valence-corrected chi connectivity index (χ4v) is 3.84. The van der Waals surface area contributed by atoms with Gasteiger partial charge in [-0.15, -0.1) is 5.10 Å². The van der Waals surface area contributed by atoms with Crippen molar-refractivity contribution in [2.75, 3.05) is 31.1 Å². The molecule has 148 valence electrons. The lowest BCUT2D eigenvalue weighted by Crippen LogP contribution is -2.49. The molecule has 4 heterocycles. The summed E-state index contributed by atoms with van der Waals surface area (Å²) in [6.07, 6.45) is 3.36. The average molecular weight is 391 g/mol. The van der Waals surface area contributed by atoms with Crippen molar-refractivity contribution in [1.82, 2.24) is 39.6 Å². The summed E-state index contributed by atoms with van der Waals surface area (Å²) in [4.78, 5) is 25.8. The highest BCUT2D eigenvalue weighted by molar-refractivity contribution is 5.97. The van der Waals surface area contributed by atoms with Crippen LogP contribution >= 0.6 is 0 Å². The summed E-state index contributed by atoms with van der Waals surface area (Å²) in [6, 6.07) is 5.60. The number of aromatic nitrogens is 7. The van der Waals surface area contributed by atoms with Crippen LogP contribution < -0.4 is 4.90 Å². The molecule has 0 saturated carbocycles. The number of aryl methyl sites for hydroxylation is 2. The number of hydrogen-bond donors (Lipinski definition) is 0. The van der Waals surface area contributed by atoms with Gasteiger partial charge in [-0.3, -0.25) is 9.48 Å². The molecule has 1 aliphatic rings. The van der Waals surface area contributed by atoms with E-state index in [0.29, 0.717) is 31.7 Å². The monoisotopic (exact) mass is 391 g/mol. The summed E-state index contributed by atoms with van der Waals surface area (Å²) in [7, 11) is 1.87. The van der Waals surface area contributed by atoms with Crippen LogP contribution in [0.25, 0.3) is 22.1 Å². The van der Waals surface area contributed by atoms with Gasteiger partial charge in [0, 0.05) is 45.3 Å². The summed E-state index contributed by atoms with van der Waals surface area (Å²) in [6.45, 7) is 5.44. The molecule has 1 fully saturated rings. The van der Waals surface area contributed by atoms with Crippen LogP contribution in [-0.2, 0) is 13.6 Å². The lowest BCUT2D eigenvalue weighted by Gasteiger charge is -2.35. The third-order valence-corrected chi connectivity index (χ3v) is 5.44. The maximum atomic E-state index is 13.0. The Labute approximate surface area is 166 Å². The molecule has 0 atom stereocenters. The van der Waals surface area contributed by atoms with Crippen LogP contribution in [0.3, 0.4) is 0 Å². The first-order valence-electron chi connectivity index (χ1n) is 9.66. The first kappa shape index (κ1) is 17.5. The zero-order chi connectivity index (χ0) is 20.0. The van der Waals surface area contributed by atoms with Crippen molar-refractivity contribution in [3.05, 3.63) is 36.3 Å². The second kappa shape index (κ2) is 6.80. The molecule has 10 nitrogen and oxygen atoms in total. The standard InChI is InChI=1S/C19H21N9O/c1-3-28-16-5-4-13(10-15(16)23-24-28)19(29)27-8-6-26(7-9-27)18-14-11-22-25(2)17(14)20-12-21-18/h4-5,10-12H,3,6-9H2,1-2H3. The molecule has 1 saturated heterocycles. The predicted molar refractivity (Wildman–Crippen MR) is 108 cm³/mol. The van der Waals surface area contributed by atoms with Crippen molar-refractivity contribution in [3.63, 3.8) is 0 Å². The van der Waals surface area contributed by atoms with Gasteiger partial charge in [0.15, 0.2) is 5.65 Å². The van der Waals surface area contributed by atoms with Crippen LogP contribution in [0.2, 0.25) is 0 Å². The highest BCUT2D eigenvalue weighted by Gasteiger charge is 2.25. The van der Waals surface area contributed by atoms with E-state index in [0.717, 1.165) is 34.4 Å². The van der Waals surface area contributed by atoms with Crippen molar-refractivity contribution >= 4 is 33.8 Å². The van der Waals surface area contributed by atoms with Crippen molar-refractivity contribution in [2.45, 2.75) is 13.5 Å². The summed E-state index contributed by atoms with van der Waals surface area (Å²) >= 11 is 0. The highest BCUT2D eigenvalue weighted by atomic mass is 16.2. The zero-order valence-electron chi connectivity index (χ0n) is 16.4. The van der Waals surface area contributed by atoms with E-state index in [1.807, 2.05) is 41.8 Å². The van der Waals surface area contributed by atoms with Crippen molar-refractivity contribution in [2.24, 2.45) is 7.05 Å². The number of carbonyl (C=O) groups excluding carboxylic acids is 1. The van der Waals surface area contributed by atoms with Crippen molar-refractivity contribution in [3.8, 4) is 0 Å². The third-order valence-electron chi connectivity index (χ3n) is 5.44. The highest BCUT2D eigenvalue weighted by Crippen LogP contribution is 2.24. The van der Waals surface area contributed by atoms with E-state index >= 15 is 0 Å². The second-order valence-electron chi connectivity index (χ2n) is 7.09. The number of fused-ring (bicyclic) bond motifs is 2. The number of anilines is 1. The zero-order valence-corrected chi connectivity index (χ0v) is 16.4. The topological polar surface area (TPSA) is 97.9 Å². The summed E-state index contributed by atoms with van der Waals surface area (Å²) in [5.74, 6) is 0.889. The van der Waals surface area contributed by atoms with Crippen molar-refractivity contribution < 1.29 is 4.79 Å². The van der Waals surface area contributed by atoms with Crippen LogP contribution in [0.5, 0.6) is 0 Å². The Hall–Kier alpha value is -3.56. The molecule has 0 spiro atoms. The summed E-state index contributed by atoms with van der Waals surface area (Å²) < 4.78 is 3.56. The first-order valence-corrected chi connectivity index (χ1v) is 9.66. The molecule has 10 heteroatoms. The fraction of sp³-hybridized carbons (Fsp3) is 0.368. The Morgan fingerprint density at radius 3 is 2.76 bits per heavy atom. The van der Waals surface area contributed by atoms with Crippen LogP contribution in [0.1, 0.15) is 17.3 Å². The molecule has 0 unspecified atom stereocenters. The molecule has 4 aromatic rings. The van der Waals surface area contributed by atoms with Gasteiger partial charge in [-0.1, -0.05) is 5.21 Å². The Bertz CT molecular complexity index is 1200. The molecule has 0 radical (unpaired) electrons. The van der Waals surface area contributed by atoms with Gasteiger partial charge in [0.25, 0.3) is 5.91 Å². The van der Waals surface area contributed by atoms with E-state index in [9.17, 15) is 4.79 Å². The maximum Gasteiger partial charge on any atom is 0.254 e. The minimum atomic E-state index is 0.0202. The molecular weight excluding hydrogens is 370 g/mol. The molecule has 0 N–H and O–H groups in total. The van der Waals surface area contributed by atoms with E-state index < -0.39 is 0 Å². The van der Waals surface area contributed by atoms with Crippen molar-refractivity contribution in [1.29, 1.82) is 0 Å². The smallest absolute Gasteiger partial charge is 0.254 e. The van der Waals surface area contributed by atoms with Crippen LogP contribution in [0, 0.1) is 0 Å². The quantitative estimate of drug-likeness (QED) is 0.516. The minimum Gasteiger partial charge on any atom is -0.352 e. The van der Waals surface area contributed by atoms with Crippen LogP contribution in [0.4, 0.5) is 5.82 Å². The van der Waals surface area contributed by atoms with Gasteiger partial charge < -0.3 is 9.80 Å². The normalized spacial score (nSPS) is 14.8. The molecule has 0 aliphatic carbocycles. The van der Waals surface area contributed by atoms with E-state index in [1.165, 1.54) is 0 Å². The first-order chi connectivity index (χ1) is 14.2. The lowest BCUT2D eigenvalue weighted by molar-refractivity contribution is 0.0746. The summed E-state index contributed by atoms with van der Waals surface area (Å²) in [5.41, 5.74) is 3.14. The molecule has 29 heavy (non-hydrogen) atoms. The third kappa shape index (κ3) is 2.87. The number of nitrogens with zero attached hydrogens (tertiary/aromatic N) is 9. The average Bonchev–Trinajstić information content (AvgIpc) is 3.36. The van der Waals surface area contributed by atoms with Gasteiger partial charge in [0.05, 0.1) is 17.1 Å². The van der Waals surface area contributed by atoms with Gasteiger partial charge in [0.2, 0.25) is 0 Å². The fourth-order valence-electron chi connectivity index (χ4n) is 3.84.